The van der Waals surface area contributed by atoms with Gasteiger partial charge in [-0.05, 0) is 90.7 Å². The Kier molecular flexibility index (Phi) is 11.7. The predicted octanol–water partition coefficient (Wildman–Crippen LogP) is 1.30. The van der Waals surface area contributed by atoms with Crippen molar-refractivity contribution < 1.29 is 57.0 Å². The average Bonchev–Trinajstić information content (AvgIpc) is 4.10. The van der Waals surface area contributed by atoms with Gasteiger partial charge in [0.15, 0.2) is 0 Å². The first-order chi connectivity index (χ1) is 29.0. The molecule has 0 unspecified atom stereocenters. The summed E-state index contributed by atoms with van der Waals surface area (Å²) in [5, 5.41) is 79.0. The van der Waals surface area contributed by atoms with Gasteiger partial charge in [0.05, 0.1) is 22.8 Å². The molecule has 0 aliphatic carbocycles. The van der Waals surface area contributed by atoms with E-state index in [0.29, 0.717) is 111 Å². The Labute approximate surface area is 360 Å². The van der Waals surface area contributed by atoms with Crippen molar-refractivity contribution in [2.45, 2.75) is 0 Å². The second kappa shape index (κ2) is 17.1. The van der Waals surface area contributed by atoms with E-state index in [-0.39, 0.29) is 16.8 Å². The summed E-state index contributed by atoms with van der Waals surface area (Å²) in [6.07, 6.45) is 7.52. The Morgan fingerprint density at radius 1 is 0.295 bits per heavy atom. The zero-order valence-electron chi connectivity index (χ0n) is 31.9. The van der Waals surface area contributed by atoms with Gasteiger partial charge in [-0.25, -0.2) is 9.97 Å². The molecule has 61 heavy (non-hydrogen) atoms. The molecule has 1 radical (unpaired) electrons. The van der Waals surface area contributed by atoms with Crippen LogP contribution in [0, 0.1) is 0 Å². The molecule has 0 fully saturated rings. The maximum Gasteiger partial charge on any atom is 2.00 e. The first-order valence-electron chi connectivity index (χ1n) is 18.9. The van der Waals surface area contributed by atoms with Crippen LogP contribution >= 0.6 is 0 Å². The third kappa shape index (κ3) is 8.11. The molecule has 3 aromatic heterocycles. The second-order valence-corrected chi connectivity index (χ2v) is 14.3. The SMILES string of the molecule is OB(O)c1ccc(-c2c3nc(c(-c4ccc(B(O)O)cc4)c4ccc([n-]4)c(-c4ccc(B(O)O)cc4)c4nc(c(-c5ccc(B(O)O)cc5)c5ccc2[n-]5)C=C4)C=C3)cc1.[Co+2]. The number of aromatic nitrogens is 4. The first-order valence-corrected chi connectivity index (χ1v) is 18.9. The molecule has 2 aliphatic rings. The number of hydrogen-bond acceptors (Lipinski definition) is 10. The van der Waals surface area contributed by atoms with Crippen molar-refractivity contribution in [3.8, 4) is 44.5 Å². The standard InChI is InChI=1S/C44H32B4N4O8.Co/c53-45(54)29-9-1-25(2-10-29)41-33-17-19-35(49-33)42(26-3-11-30(12-4-26)46(55)56)37-21-23-39(51-37)44(28-7-15-32(16-8-28)48(59)60)40-24-22-38(52-40)43(36-20-18-34(41)50-36)27-5-13-31(14-6-27)47(57)58;/h1-24,53-60H;/q-2;+2. The minimum atomic E-state index is -1.66. The van der Waals surface area contributed by atoms with Crippen LogP contribution in [0.4, 0.5) is 0 Å². The molecule has 297 valence electrons. The molecule has 17 heteroatoms. The quantitative estimate of drug-likeness (QED) is 0.102. The van der Waals surface area contributed by atoms with E-state index in [1.807, 2.05) is 48.6 Å². The Bertz CT molecular complexity index is 2590. The average molecular weight is 847 g/mol. The molecule has 5 heterocycles. The number of fused-ring (bicyclic) bond motifs is 8. The molecule has 8 N–H and O–H groups in total. The summed E-state index contributed by atoms with van der Waals surface area (Å²) >= 11 is 0. The van der Waals surface area contributed by atoms with E-state index < -0.39 is 28.5 Å². The van der Waals surface area contributed by atoms with E-state index in [2.05, 4.69) is 0 Å². The Balaban J connectivity index is 0.00000514. The van der Waals surface area contributed by atoms with Crippen LogP contribution in [0.5, 0.6) is 0 Å². The van der Waals surface area contributed by atoms with Gasteiger partial charge >= 0.3 is 45.3 Å². The minimum Gasteiger partial charge on any atom is -0.657 e. The Morgan fingerprint density at radius 3 is 0.672 bits per heavy atom. The van der Waals surface area contributed by atoms with Gasteiger partial charge in [-0.3, -0.25) is 0 Å². The summed E-state index contributed by atoms with van der Waals surface area (Å²) in [4.78, 5) is 20.7. The van der Waals surface area contributed by atoms with Gasteiger partial charge in [-0.1, -0.05) is 121 Å². The van der Waals surface area contributed by atoms with Gasteiger partial charge in [0.1, 0.15) is 0 Å². The van der Waals surface area contributed by atoms with Crippen LogP contribution in [0.3, 0.4) is 0 Å². The predicted molar refractivity (Wildman–Crippen MR) is 238 cm³/mol. The molecule has 0 saturated heterocycles. The third-order valence-corrected chi connectivity index (χ3v) is 10.6. The van der Waals surface area contributed by atoms with Gasteiger partial charge in [-0.15, -0.1) is 22.1 Å². The zero-order chi connectivity index (χ0) is 41.7. The van der Waals surface area contributed by atoms with E-state index in [1.54, 1.807) is 97.1 Å². The van der Waals surface area contributed by atoms with E-state index in [1.165, 1.54) is 0 Å². The topological polar surface area (TPSA) is 216 Å². The van der Waals surface area contributed by atoms with Crippen molar-refractivity contribution in [1.82, 2.24) is 19.9 Å². The van der Waals surface area contributed by atoms with Crippen LogP contribution < -0.4 is 31.8 Å². The molecular formula is C44H32B4CoN4O8. The summed E-state index contributed by atoms with van der Waals surface area (Å²) in [7, 11) is -6.63. The van der Waals surface area contributed by atoms with Gasteiger partial charge in [0.2, 0.25) is 0 Å². The van der Waals surface area contributed by atoms with Gasteiger partial charge in [0.25, 0.3) is 0 Å². The molecule has 8 bridgehead atoms. The van der Waals surface area contributed by atoms with E-state index in [9.17, 15) is 40.2 Å². The fourth-order valence-corrected chi connectivity index (χ4v) is 7.56. The Morgan fingerprint density at radius 2 is 0.492 bits per heavy atom. The normalized spacial score (nSPS) is 11.7. The fraction of sp³-hybridized carbons (Fsp3) is 0. The molecule has 0 spiro atoms. The maximum absolute atomic E-state index is 9.88. The van der Waals surface area contributed by atoms with Crippen LogP contribution in [0.25, 0.3) is 90.9 Å². The minimum absolute atomic E-state index is 0. The molecule has 9 rings (SSSR count). The molecular weight excluding hydrogens is 815 g/mol. The van der Waals surface area contributed by atoms with Crippen LogP contribution in [-0.2, 0) is 16.8 Å². The zero-order valence-corrected chi connectivity index (χ0v) is 32.9. The molecule has 0 atom stereocenters. The van der Waals surface area contributed by atoms with Crippen LogP contribution in [0.15, 0.2) is 121 Å². The van der Waals surface area contributed by atoms with Crippen LogP contribution in [0.2, 0.25) is 0 Å². The third-order valence-electron chi connectivity index (χ3n) is 10.6. The van der Waals surface area contributed by atoms with Crippen molar-refractivity contribution in [2.24, 2.45) is 0 Å². The summed E-state index contributed by atoms with van der Waals surface area (Å²) < 4.78 is 0. The van der Waals surface area contributed by atoms with Crippen molar-refractivity contribution in [2.75, 3.05) is 0 Å². The largest absolute Gasteiger partial charge is 2.00 e. The molecule has 7 aromatic rings. The summed E-state index contributed by atoms with van der Waals surface area (Å²) in [5.74, 6) is 0. The number of rotatable bonds is 8. The smallest absolute Gasteiger partial charge is 0.657 e. The van der Waals surface area contributed by atoms with Gasteiger partial charge in [0, 0.05) is 0 Å². The van der Waals surface area contributed by atoms with E-state index in [4.69, 9.17) is 19.9 Å². The van der Waals surface area contributed by atoms with E-state index >= 15 is 0 Å². The number of benzene rings is 4. The van der Waals surface area contributed by atoms with Crippen molar-refractivity contribution in [3.63, 3.8) is 0 Å². The number of nitrogens with zero attached hydrogens (tertiary/aromatic N) is 4. The van der Waals surface area contributed by atoms with Crippen molar-refractivity contribution >= 4 is 96.7 Å². The van der Waals surface area contributed by atoms with Crippen molar-refractivity contribution in [3.05, 3.63) is 144 Å². The van der Waals surface area contributed by atoms with Crippen molar-refractivity contribution in [1.29, 1.82) is 0 Å². The molecule has 0 amide bonds. The van der Waals surface area contributed by atoms with Gasteiger partial charge < -0.3 is 50.2 Å². The molecule has 2 aliphatic heterocycles. The molecule has 12 nitrogen and oxygen atoms in total. The monoisotopic (exact) mass is 847 g/mol. The maximum atomic E-state index is 9.88. The summed E-state index contributed by atoms with van der Waals surface area (Å²) in [6.45, 7) is 0. The summed E-state index contributed by atoms with van der Waals surface area (Å²) in [5.41, 5.74) is 11.3. The van der Waals surface area contributed by atoms with Crippen LogP contribution in [-0.4, -0.2) is 78.6 Å². The Hall–Kier alpha value is -6.07. The van der Waals surface area contributed by atoms with Crippen LogP contribution in [0.1, 0.15) is 22.8 Å². The summed E-state index contributed by atoms with van der Waals surface area (Å²) in [6, 6.07) is 34.7. The first kappa shape index (κ1) is 41.7. The second-order valence-electron chi connectivity index (χ2n) is 14.3. The molecule has 0 saturated carbocycles. The van der Waals surface area contributed by atoms with E-state index in [0.717, 1.165) is 0 Å². The molecule has 4 aromatic carbocycles. The van der Waals surface area contributed by atoms with Gasteiger partial charge in [-0.2, -0.15) is 0 Å². The fourth-order valence-electron chi connectivity index (χ4n) is 7.56. The number of hydrogen-bond donors (Lipinski definition) is 8.